The molecule has 0 aliphatic rings. The number of carbonyl (C=O) groups is 1. The van der Waals surface area contributed by atoms with Gasteiger partial charge in [-0.05, 0) is 0 Å². The number of hydrogen-bond donors (Lipinski definition) is 0. The number of halogens is 1. The molecule has 0 spiro atoms. The van der Waals surface area contributed by atoms with Crippen LogP contribution in [0, 0.1) is 0 Å². The van der Waals surface area contributed by atoms with E-state index in [1.807, 2.05) is 0 Å². The molecule has 0 rings (SSSR count). The summed E-state index contributed by atoms with van der Waals surface area (Å²) < 4.78 is 7.49. The Labute approximate surface area is 45.6 Å². The lowest BCUT2D eigenvalue weighted by atomic mass is 11.1. The van der Waals surface area contributed by atoms with Gasteiger partial charge in [-0.15, -0.1) is 0 Å². The smallest absolute Gasteiger partial charge is 0.403 e. The van der Waals surface area contributed by atoms with Crippen LogP contribution in [0.2, 0.25) is 0 Å². The summed E-state index contributed by atoms with van der Waals surface area (Å²) in [6.07, 6.45) is -0.0540. The van der Waals surface area contributed by atoms with Crippen molar-refractivity contribution in [1.82, 2.24) is 0 Å². The molecule has 0 aliphatic carbocycles. The molecule has 0 aromatic rings. The summed E-state index contributed by atoms with van der Waals surface area (Å²) in [5.41, 5.74) is 0. The van der Waals surface area contributed by atoms with Gasteiger partial charge in [0.1, 0.15) is 11.9 Å². The van der Waals surface area contributed by atoms with Crippen LogP contribution in [0.4, 0.5) is 4.79 Å². The minimum atomic E-state index is -0.975. The predicted molar refractivity (Wildman–Crippen MR) is 23.6 cm³/mol. The Morgan fingerprint density at radius 1 is 1.86 bits per heavy atom. The lowest BCUT2D eigenvalue weighted by molar-refractivity contribution is 0.140. The number of carbonyl (C=O) groups excluding carboxylic acids is 1. The van der Waals surface area contributed by atoms with Crippen LogP contribution in [0.5, 0.6) is 0 Å². The van der Waals surface area contributed by atoms with Crippen molar-refractivity contribution in [2.45, 2.75) is 0 Å². The second kappa shape index (κ2) is 3.49. The molecule has 0 saturated carbocycles. The summed E-state index contributed by atoms with van der Waals surface area (Å²) in [7, 11) is 0. The third-order valence-corrected chi connectivity index (χ3v) is 0.369. The fraction of sp³-hybridized carbons (Fsp3) is 0. The van der Waals surface area contributed by atoms with Crippen molar-refractivity contribution in [3.63, 3.8) is 0 Å². The highest BCUT2D eigenvalue weighted by Gasteiger charge is 1.94. The SMILES string of the molecule is C=COC(=O)OCl. The van der Waals surface area contributed by atoms with Crippen LogP contribution in [-0.2, 0) is 9.03 Å². The molecule has 0 aromatic heterocycles. The molecule has 0 N–H and O–H groups in total. The van der Waals surface area contributed by atoms with Crippen LogP contribution < -0.4 is 0 Å². The van der Waals surface area contributed by atoms with Crippen molar-refractivity contribution >= 4 is 18.0 Å². The minimum Gasteiger partial charge on any atom is -0.403 e. The molecule has 7 heavy (non-hydrogen) atoms. The molecular weight excluding hydrogens is 119 g/mol. The normalized spacial score (nSPS) is 7.00. The van der Waals surface area contributed by atoms with Crippen LogP contribution in [-0.4, -0.2) is 6.16 Å². The van der Waals surface area contributed by atoms with E-state index in [0.29, 0.717) is 0 Å². The zero-order valence-electron chi connectivity index (χ0n) is 3.39. The molecule has 0 aromatic carbocycles. The number of rotatable bonds is 1. The summed E-state index contributed by atoms with van der Waals surface area (Å²) >= 11 is 4.51. The van der Waals surface area contributed by atoms with Crippen LogP contribution in [0.15, 0.2) is 12.8 Å². The summed E-state index contributed by atoms with van der Waals surface area (Å²) in [5.74, 6) is 0. The number of hydrogen-bond acceptors (Lipinski definition) is 3. The van der Waals surface area contributed by atoms with E-state index < -0.39 is 6.16 Å². The van der Waals surface area contributed by atoms with Crippen molar-refractivity contribution in [2.24, 2.45) is 0 Å². The lowest BCUT2D eigenvalue weighted by Gasteiger charge is -1.87. The molecule has 0 radical (unpaired) electrons. The molecule has 0 saturated heterocycles. The average molecular weight is 123 g/mol. The third-order valence-electron chi connectivity index (χ3n) is 0.243. The largest absolute Gasteiger partial charge is 0.531 e. The van der Waals surface area contributed by atoms with Crippen LogP contribution in [0.3, 0.4) is 0 Å². The maximum absolute atomic E-state index is 9.76. The van der Waals surface area contributed by atoms with Crippen molar-refractivity contribution in [3.8, 4) is 0 Å². The maximum Gasteiger partial charge on any atom is 0.531 e. The molecule has 0 amide bonds. The average Bonchev–Trinajstić information content (AvgIpc) is 1.68. The van der Waals surface area contributed by atoms with Gasteiger partial charge in [0.25, 0.3) is 0 Å². The molecule has 40 valence electrons. The monoisotopic (exact) mass is 122 g/mol. The van der Waals surface area contributed by atoms with Crippen LogP contribution >= 0.6 is 11.9 Å². The Kier molecular flexibility index (Phi) is 3.14. The summed E-state index contributed by atoms with van der Waals surface area (Å²) in [4.78, 5) is 9.76. The fourth-order valence-corrected chi connectivity index (χ4v) is 0.123. The Morgan fingerprint density at radius 2 is 2.43 bits per heavy atom. The van der Waals surface area contributed by atoms with Gasteiger partial charge in [-0.3, -0.25) is 0 Å². The Balaban J connectivity index is 3.17. The van der Waals surface area contributed by atoms with E-state index in [1.54, 1.807) is 0 Å². The fourth-order valence-electron chi connectivity index (χ4n) is 0.0862. The molecule has 0 atom stereocenters. The van der Waals surface area contributed by atoms with Gasteiger partial charge in [0.05, 0.1) is 6.26 Å². The topological polar surface area (TPSA) is 35.5 Å². The standard InChI is InChI=1S/C3H3ClO3/c1-2-6-3(5)7-4/h2H,1H2. The molecule has 0 fully saturated rings. The first kappa shape index (κ1) is 6.30. The van der Waals surface area contributed by atoms with E-state index in [2.05, 4.69) is 27.5 Å². The first-order valence-corrected chi connectivity index (χ1v) is 1.72. The Morgan fingerprint density at radius 3 is 2.57 bits per heavy atom. The van der Waals surface area contributed by atoms with E-state index in [-0.39, 0.29) is 0 Å². The van der Waals surface area contributed by atoms with Gasteiger partial charge in [-0.25, -0.2) is 4.79 Å². The van der Waals surface area contributed by atoms with E-state index in [9.17, 15) is 4.79 Å². The lowest BCUT2D eigenvalue weighted by Crippen LogP contribution is -1.92. The van der Waals surface area contributed by atoms with Gasteiger partial charge >= 0.3 is 6.16 Å². The Bertz CT molecular complexity index is 80.2. The van der Waals surface area contributed by atoms with Crippen LogP contribution in [0.25, 0.3) is 0 Å². The zero-order chi connectivity index (χ0) is 5.70. The Hall–Kier alpha value is -0.700. The van der Waals surface area contributed by atoms with Gasteiger partial charge in [0, 0.05) is 0 Å². The summed E-state index contributed by atoms with van der Waals surface area (Å²) in [6.45, 7) is 3.07. The van der Waals surface area contributed by atoms with Crippen molar-refractivity contribution in [2.75, 3.05) is 0 Å². The van der Waals surface area contributed by atoms with Crippen molar-refractivity contribution in [1.29, 1.82) is 0 Å². The van der Waals surface area contributed by atoms with Gasteiger partial charge in [-0.2, -0.15) is 0 Å². The van der Waals surface area contributed by atoms with Crippen LogP contribution in [0.1, 0.15) is 0 Å². The van der Waals surface area contributed by atoms with E-state index in [0.717, 1.165) is 6.26 Å². The molecule has 3 nitrogen and oxygen atoms in total. The summed E-state index contributed by atoms with van der Waals surface area (Å²) in [5, 5.41) is 0. The van der Waals surface area contributed by atoms with E-state index in [1.165, 1.54) is 0 Å². The molecule has 0 bridgehead atoms. The second-order valence-corrected chi connectivity index (χ2v) is 0.766. The van der Waals surface area contributed by atoms with Gasteiger partial charge in [-0.1, -0.05) is 6.58 Å². The van der Waals surface area contributed by atoms with Crippen molar-refractivity contribution < 1.29 is 13.8 Å². The zero-order valence-corrected chi connectivity index (χ0v) is 4.14. The van der Waals surface area contributed by atoms with E-state index >= 15 is 0 Å². The molecule has 0 aliphatic heterocycles. The number of ether oxygens (including phenoxy) is 1. The highest BCUT2D eigenvalue weighted by Crippen LogP contribution is 1.86. The van der Waals surface area contributed by atoms with Crippen molar-refractivity contribution in [3.05, 3.63) is 12.8 Å². The van der Waals surface area contributed by atoms with Gasteiger partial charge < -0.3 is 9.03 Å². The van der Waals surface area contributed by atoms with Gasteiger partial charge in [0.2, 0.25) is 0 Å². The second-order valence-electron chi connectivity index (χ2n) is 0.612. The summed E-state index contributed by atoms with van der Waals surface area (Å²) in [6, 6.07) is 0. The molecule has 0 unspecified atom stereocenters. The van der Waals surface area contributed by atoms with Gasteiger partial charge in [0.15, 0.2) is 0 Å². The maximum atomic E-state index is 9.76. The highest BCUT2D eigenvalue weighted by atomic mass is 35.5. The molecule has 0 heterocycles. The molecular formula is C3H3ClO3. The third kappa shape index (κ3) is 3.12. The first-order valence-electron chi connectivity index (χ1n) is 1.41. The first-order chi connectivity index (χ1) is 3.31. The predicted octanol–water partition coefficient (Wildman–Crippen LogP) is 1.44. The van der Waals surface area contributed by atoms with E-state index in [4.69, 9.17) is 0 Å². The minimum absolute atomic E-state index is 0.921. The highest BCUT2D eigenvalue weighted by molar-refractivity contribution is 6.12. The molecule has 4 heteroatoms. The quantitative estimate of drug-likeness (QED) is 0.390.